The summed E-state index contributed by atoms with van der Waals surface area (Å²) in [5, 5.41) is 7.06. The number of nitrogens with one attached hydrogen (secondary N) is 2. The van der Waals surface area contributed by atoms with Crippen molar-refractivity contribution < 1.29 is 13.2 Å². The maximum absolute atomic E-state index is 13.8. The van der Waals surface area contributed by atoms with Crippen molar-refractivity contribution in [2.75, 3.05) is 11.9 Å². The lowest BCUT2D eigenvalue weighted by molar-refractivity contribution is -0.161. The molecular weight excluding hydrogens is 481 g/mol. The minimum absolute atomic E-state index is 0.0165. The Morgan fingerprint density at radius 2 is 1.92 bits per heavy atom. The van der Waals surface area contributed by atoms with E-state index in [1.54, 1.807) is 22.9 Å². The highest BCUT2D eigenvalue weighted by molar-refractivity contribution is 5.82. The van der Waals surface area contributed by atoms with Gasteiger partial charge in [-0.05, 0) is 75.0 Å². The van der Waals surface area contributed by atoms with Crippen LogP contribution in [0, 0.1) is 0 Å². The fourth-order valence-corrected chi connectivity index (χ4v) is 5.21. The van der Waals surface area contributed by atoms with Crippen LogP contribution in [0.4, 0.5) is 24.7 Å². The highest BCUT2D eigenvalue weighted by atomic mass is 19.4. The molecule has 0 radical (unpaired) electrons. The molecule has 1 saturated carbocycles. The van der Waals surface area contributed by atoms with E-state index in [2.05, 4.69) is 32.7 Å². The van der Waals surface area contributed by atoms with E-state index in [1.165, 1.54) is 28.1 Å². The molecule has 1 aliphatic carbocycles. The number of nitrogens with zero attached hydrogens (tertiary/aromatic N) is 4. The molecule has 4 heterocycles. The third kappa shape index (κ3) is 3.90. The number of benzene rings is 1. The molecule has 1 aromatic carbocycles. The first-order valence-corrected chi connectivity index (χ1v) is 12.5. The molecule has 0 saturated heterocycles. The summed E-state index contributed by atoms with van der Waals surface area (Å²) in [5.41, 5.74) is 1.73. The molecule has 0 spiro atoms. The van der Waals surface area contributed by atoms with Crippen LogP contribution in [0.3, 0.4) is 0 Å². The van der Waals surface area contributed by atoms with Gasteiger partial charge in [-0.25, -0.2) is 19.3 Å². The third-order valence-electron chi connectivity index (χ3n) is 7.35. The van der Waals surface area contributed by atoms with Crippen LogP contribution in [0.25, 0.3) is 16.7 Å². The van der Waals surface area contributed by atoms with Gasteiger partial charge in [0.15, 0.2) is 5.82 Å². The quantitative estimate of drug-likeness (QED) is 0.390. The average molecular weight is 509 g/mol. The Morgan fingerprint density at radius 3 is 2.65 bits per heavy atom. The molecule has 2 aliphatic rings. The van der Waals surface area contributed by atoms with E-state index in [1.807, 2.05) is 19.9 Å². The summed E-state index contributed by atoms with van der Waals surface area (Å²) >= 11 is 0. The Bertz CT molecular complexity index is 1560. The van der Waals surface area contributed by atoms with Gasteiger partial charge in [0.2, 0.25) is 0 Å². The van der Waals surface area contributed by atoms with Crippen LogP contribution in [-0.4, -0.2) is 32.1 Å². The number of aromatic nitrogens is 4. The van der Waals surface area contributed by atoms with E-state index < -0.39 is 11.6 Å². The number of rotatable bonds is 5. The van der Waals surface area contributed by atoms with Crippen LogP contribution in [0.15, 0.2) is 53.5 Å². The van der Waals surface area contributed by atoms with Gasteiger partial charge < -0.3 is 10.6 Å². The van der Waals surface area contributed by atoms with Crippen LogP contribution in [0.5, 0.6) is 0 Å². The Morgan fingerprint density at radius 1 is 1.11 bits per heavy atom. The minimum Gasteiger partial charge on any atom is -0.340 e. The number of hydrogen-bond donors (Lipinski definition) is 2. The molecule has 2 N–H and O–H groups in total. The number of pyridine rings is 2. The second-order valence-corrected chi connectivity index (χ2v) is 10.1. The first kappa shape index (κ1) is 23.7. The monoisotopic (exact) mass is 508 g/mol. The van der Waals surface area contributed by atoms with Gasteiger partial charge in [-0.1, -0.05) is 12.1 Å². The first-order chi connectivity index (χ1) is 17.7. The summed E-state index contributed by atoms with van der Waals surface area (Å²) in [6.07, 6.45) is -1.84. The van der Waals surface area contributed by atoms with Crippen molar-refractivity contribution in [3.8, 4) is 5.82 Å². The van der Waals surface area contributed by atoms with Crippen molar-refractivity contribution in [1.82, 2.24) is 24.6 Å². The van der Waals surface area contributed by atoms with E-state index in [4.69, 9.17) is 0 Å². The summed E-state index contributed by atoms with van der Waals surface area (Å²) < 4.78 is 44.6. The van der Waals surface area contributed by atoms with Crippen LogP contribution in [0.1, 0.15) is 49.6 Å². The fourth-order valence-electron chi connectivity index (χ4n) is 5.21. The van der Waals surface area contributed by atoms with Crippen molar-refractivity contribution in [3.63, 3.8) is 0 Å². The van der Waals surface area contributed by atoms with Gasteiger partial charge in [0, 0.05) is 30.5 Å². The summed E-state index contributed by atoms with van der Waals surface area (Å²) in [5.74, 6) is 0.793. The lowest BCUT2D eigenvalue weighted by Crippen LogP contribution is -2.30. The second-order valence-electron chi connectivity index (χ2n) is 10.1. The molecule has 1 fully saturated rings. The van der Waals surface area contributed by atoms with Gasteiger partial charge in [-0.3, -0.25) is 4.79 Å². The normalized spacial score (nSPS) is 16.7. The molecule has 7 nitrogen and oxygen atoms in total. The SMILES string of the molecule is CC(C)n1c(=O)c2cnc(Nc3ccc4c(c3)CNCC4)cc2n1-c1cccc(C2(C(F)(F)F)CC2)n1. The second kappa shape index (κ2) is 8.44. The average Bonchev–Trinajstić information content (AvgIpc) is 3.64. The molecule has 0 unspecified atom stereocenters. The third-order valence-corrected chi connectivity index (χ3v) is 7.35. The molecule has 192 valence electrons. The largest absolute Gasteiger partial charge is 0.399 e. The molecule has 1 aliphatic heterocycles. The van der Waals surface area contributed by atoms with E-state index in [0.29, 0.717) is 16.7 Å². The Hall–Kier alpha value is -3.66. The number of hydrogen-bond acceptors (Lipinski definition) is 5. The maximum Gasteiger partial charge on any atom is 0.399 e. The summed E-state index contributed by atoms with van der Waals surface area (Å²) in [4.78, 5) is 22.2. The summed E-state index contributed by atoms with van der Waals surface area (Å²) in [6.45, 7) is 5.47. The van der Waals surface area contributed by atoms with Gasteiger partial charge >= 0.3 is 6.18 Å². The predicted molar refractivity (Wildman–Crippen MR) is 136 cm³/mol. The van der Waals surface area contributed by atoms with Crippen LogP contribution in [-0.2, 0) is 18.4 Å². The van der Waals surface area contributed by atoms with E-state index >= 15 is 0 Å². The van der Waals surface area contributed by atoms with Crippen molar-refractivity contribution >= 4 is 22.4 Å². The summed E-state index contributed by atoms with van der Waals surface area (Å²) in [7, 11) is 0. The molecule has 0 amide bonds. The fraction of sp³-hybridized carbons (Fsp3) is 0.370. The Balaban J connectivity index is 1.46. The van der Waals surface area contributed by atoms with Crippen molar-refractivity contribution in [1.29, 1.82) is 0 Å². The smallest absolute Gasteiger partial charge is 0.340 e. The van der Waals surface area contributed by atoms with Crippen LogP contribution in [0.2, 0.25) is 0 Å². The van der Waals surface area contributed by atoms with E-state index in [9.17, 15) is 18.0 Å². The minimum atomic E-state index is -4.37. The molecule has 4 aromatic rings. The molecule has 10 heteroatoms. The summed E-state index contributed by atoms with van der Waals surface area (Å²) in [6, 6.07) is 12.3. The maximum atomic E-state index is 13.8. The van der Waals surface area contributed by atoms with Crippen LogP contribution < -0.4 is 16.2 Å². The zero-order chi connectivity index (χ0) is 25.9. The van der Waals surface area contributed by atoms with Gasteiger partial charge in [0.1, 0.15) is 11.2 Å². The Labute approximate surface area is 211 Å². The number of fused-ring (bicyclic) bond motifs is 2. The molecule has 3 aromatic heterocycles. The molecule has 0 atom stereocenters. The van der Waals surface area contributed by atoms with Gasteiger partial charge in [-0.2, -0.15) is 13.2 Å². The van der Waals surface area contributed by atoms with Gasteiger partial charge in [-0.15, -0.1) is 0 Å². The van der Waals surface area contributed by atoms with Gasteiger partial charge in [0.05, 0.1) is 16.6 Å². The highest BCUT2D eigenvalue weighted by Gasteiger charge is 2.65. The van der Waals surface area contributed by atoms with Crippen molar-refractivity contribution in [2.24, 2.45) is 0 Å². The number of halogens is 3. The lowest BCUT2D eigenvalue weighted by atomic mass is 10.0. The zero-order valence-corrected chi connectivity index (χ0v) is 20.6. The zero-order valence-electron chi connectivity index (χ0n) is 20.6. The Kier molecular flexibility index (Phi) is 5.41. The lowest BCUT2D eigenvalue weighted by Gasteiger charge is -2.21. The standard InChI is InChI=1S/C27H27F3N6O/c1-16(2)35-25(37)20-15-32-23(33-19-7-6-17-8-11-31-14-18(17)12-19)13-21(20)36(35)24-5-3-4-22(34-24)26(9-10-26)27(28,29)30/h3-7,12-13,15-16,31H,8-11,14H2,1-2H3,(H,32,33). The molecule has 6 rings (SSSR count). The van der Waals surface area contributed by atoms with Crippen molar-refractivity contribution in [3.05, 3.63) is 75.8 Å². The van der Waals surface area contributed by atoms with E-state index in [-0.39, 0.29) is 36.0 Å². The van der Waals surface area contributed by atoms with Gasteiger partial charge in [0.25, 0.3) is 5.56 Å². The highest BCUT2D eigenvalue weighted by Crippen LogP contribution is 2.58. The topological polar surface area (TPSA) is 76.8 Å². The van der Waals surface area contributed by atoms with Crippen molar-refractivity contribution in [2.45, 2.75) is 57.3 Å². The number of anilines is 2. The van der Waals surface area contributed by atoms with E-state index in [0.717, 1.165) is 25.2 Å². The van der Waals surface area contributed by atoms with Crippen LogP contribution >= 0.6 is 0 Å². The predicted octanol–water partition coefficient (Wildman–Crippen LogP) is 5.15. The molecule has 0 bridgehead atoms. The first-order valence-electron chi connectivity index (χ1n) is 12.5. The molecular formula is C27H27F3N6O. The number of alkyl halides is 3. The molecule has 37 heavy (non-hydrogen) atoms.